The highest BCUT2D eigenvalue weighted by atomic mass is 79.9. The van der Waals surface area contributed by atoms with Crippen molar-refractivity contribution in [3.8, 4) is 0 Å². The molecule has 0 radical (unpaired) electrons. The van der Waals surface area contributed by atoms with Crippen LogP contribution in [0.2, 0.25) is 0 Å². The topological polar surface area (TPSA) is 70.2 Å². The normalized spacial score (nSPS) is 11.8. The lowest BCUT2D eigenvalue weighted by molar-refractivity contribution is -0.126. The van der Waals surface area contributed by atoms with Crippen molar-refractivity contribution in [2.45, 2.75) is 13.8 Å². The zero-order valence-corrected chi connectivity index (χ0v) is 13.5. The largest absolute Gasteiger partial charge is 0.347 e. The van der Waals surface area contributed by atoms with Gasteiger partial charge in [-0.15, -0.1) is 0 Å². The molecule has 1 aromatic rings. The zero-order valence-electron chi connectivity index (χ0n) is 11.9. The van der Waals surface area contributed by atoms with Crippen molar-refractivity contribution in [2.75, 3.05) is 25.5 Å². The number of rotatable bonds is 6. The Labute approximate surface area is 127 Å². The Morgan fingerprint density at radius 2 is 2.05 bits per heavy atom. The number of hydrogen-bond donors (Lipinski definition) is 3. The number of halogens is 1. The summed E-state index contributed by atoms with van der Waals surface area (Å²) in [5.74, 6) is -0.537. The van der Waals surface area contributed by atoms with Gasteiger partial charge in [0.25, 0.3) is 0 Å². The second kappa shape index (κ2) is 8.01. The van der Waals surface area contributed by atoms with Crippen molar-refractivity contribution in [3.05, 3.63) is 28.2 Å². The minimum Gasteiger partial charge on any atom is -0.347 e. The minimum atomic E-state index is -0.236. The molecule has 3 N–H and O–H groups in total. The summed E-state index contributed by atoms with van der Waals surface area (Å²) in [4.78, 5) is 23.4. The third-order valence-electron chi connectivity index (χ3n) is 2.84. The molecule has 0 saturated heterocycles. The first-order valence-electron chi connectivity index (χ1n) is 6.42. The Hall–Kier alpha value is -1.40. The van der Waals surface area contributed by atoms with Crippen LogP contribution < -0.4 is 16.0 Å². The molecule has 0 spiro atoms. The highest BCUT2D eigenvalue weighted by Crippen LogP contribution is 2.19. The van der Waals surface area contributed by atoms with Crippen LogP contribution in [-0.4, -0.2) is 32.0 Å². The first-order chi connectivity index (χ1) is 9.43. The number of aryl methyl sites for hydroxylation is 1. The quantitative estimate of drug-likeness (QED) is 0.737. The second-order valence-corrected chi connectivity index (χ2v) is 5.60. The van der Waals surface area contributed by atoms with E-state index in [0.717, 1.165) is 15.7 Å². The van der Waals surface area contributed by atoms with Gasteiger partial charge in [-0.05, 0) is 37.7 Å². The van der Waals surface area contributed by atoms with E-state index < -0.39 is 0 Å². The van der Waals surface area contributed by atoms with Crippen molar-refractivity contribution < 1.29 is 9.59 Å². The van der Waals surface area contributed by atoms with Crippen molar-refractivity contribution in [2.24, 2.45) is 5.92 Å². The fourth-order valence-corrected chi connectivity index (χ4v) is 2.18. The number of nitrogens with one attached hydrogen (secondary N) is 3. The third-order valence-corrected chi connectivity index (χ3v) is 3.34. The van der Waals surface area contributed by atoms with Crippen molar-refractivity contribution >= 4 is 33.4 Å². The molecule has 0 aliphatic carbocycles. The van der Waals surface area contributed by atoms with Gasteiger partial charge in [0.2, 0.25) is 11.8 Å². The predicted octanol–water partition coefficient (Wildman–Crippen LogP) is 1.67. The first-order valence-corrected chi connectivity index (χ1v) is 7.21. The lowest BCUT2D eigenvalue weighted by Crippen LogP contribution is -2.38. The Kier molecular flexibility index (Phi) is 6.67. The van der Waals surface area contributed by atoms with Gasteiger partial charge in [0, 0.05) is 22.6 Å². The van der Waals surface area contributed by atoms with Crippen LogP contribution in [0.1, 0.15) is 12.5 Å². The molecule has 1 unspecified atom stereocenters. The fraction of sp³-hybridized carbons (Fsp3) is 0.429. The zero-order chi connectivity index (χ0) is 15.1. The average Bonchev–Trinajstić information content (AvgIpc) is 2.39. The second-order valence-electron chi connectivity index (χ2n) is 4.68. The van der Waals surface area contributed by atoms with Gasteiger partial charge < -0.3 is 16.0 Å². The molecule has 1 aromatic carbocycles. The molecule has 0 heterocycles. The first kappa shape index (κ1) is 16.7. The summed E-state index contributed by atoms with van der Waals surface area (Å²) in [6.45, 7) is 4.28. The number of anilines is 1. The van der Waals surface area contributed by atoms with Crippen molar-refractivity contribution in [3.63, 3.8) is 0 Å². The summed E-state index contributed by atoms with van der Waals surface area (Å²) in [7, 11) is 1.78. The van der Waals surface area contributed by atoms with Gasteiger partial charge in [0.1, 0.15) is 0 Å². The van der Waals surface area contributed by atoms with Gasteiger partial charge in [-0.1, -0.05) is 22.9 Å². The highest BCUT2D eigenvalue weighted by Gasteiger charge is 2.13. The van der Waals surface area contributed by atoms with E-state index in [1.165, 1.54) is 0 Å². The van der Waals surface area contributed by atoms with Gasteiger partial charge in [0.15, 0.2) is 0 Å². The molecule has 0 saturated carbocycles. The Morgan fingerprint density at radius 3 is 2.65 bits per heavy atom. The lowest BCUT2D eigenvalue weighted by atomic mass is 10.1. The van der Waals surface area contributed by atoms with Gasteiger partial charge in [0.05, 0.1) is 6.54 Å². The third kappa shape index (κ3) is 5.30. The van der Waals surface area contributed by atoms with E-state index in [-0.39, 0.29) is 24.3 Å². The molecular weight excluding hydrogens is 322 g/mol. The SMILES string of the molecule is CNCC(C)C(=O)NCC(=O)Nc1ccc(Br)cc1C. The van der Waals surface area contributed by atoms with Gasteiger partial charge in [-0.2, -0.15) is 0 Å². The molecule has 110 valence electrons. The molecule has 0 aliphatic heterocycles. The van der Waals surface area contributed by atoms with Gasteiger partial charge in [-0.3, -0.25) is 9.59 Å². The minimum absolute atomic E-state index is 0.0254. The summed E-state index contributed by atoms with van der Waals surface area (Å²) >= 11 is 3.37. The van der Waals surface area contributed by atoms with Crippen LogP contribution in [0.4, 0.5) is 5.69 Å². The Balaban J connectivity index is 2.46. The van der Waals surface area contributed by atoms with Crippen LogP contribution in [0.15, 0.2) is 22.7 Å². The molecular formula is C14H20BrN3O2. The maximum atomic E-state index is 11.8. The highest BCUT2D eigenvalue weighted by molar-refractivity contribution is 9.10. The van der Waals surface area contributed by atoms with Crippen LogP contribution in [0.25, 0.3) is 0 Å². The van der Waals surface area contributed by atoms with E-state index in [4.69, 9.17) is 0 Å². The van der Waals surface area contributed by atoms with E-state index in [1.54, 1.807) is 7.05 Å². The van der Waals surface area contributed by atoms with Crippen LogP contribution in [0, 0.1) is 12.8 Å². The summed E-state index contributed by atoms with van der Waals surface area (Å²) in [5, 5.41) is 8.31. The summed E-state index contributed by atoms with van der Waals surface area (Å²) in [6, 6.07) is 5.60. The maximum Gasteiger partial charge on any atom is 0.243 e. The van der Waals surface area contributed by atoms with Crippen LogP contribution in [-0.2, 0) is 9.59 Å². The summed E-state index contributed by atoms with van der Waals surface area (Å²) in [5.41, 5.74) is 1.71. The molecule has 0 aliphatic rings. The number of carbonyl (C=O) groups excluding carboxylic acids is 2. The fourth-order valence-electron chi connectivity index (χ4n) is 1.70. The van der Waals surface area contributed by atoms with Crippen LogP contribution in [0.3, 0.4) is 0 Å². The molecule has 2 amide bonds. The number of amides is 2. The molecule has 0 aromatic heterocycles. The van der Waals surface area contributed by atoms with Crippen molar-refractivity contribution in [1.82, 2.24) is 10.6 Å². The monoisotopic (exact) mass is 341 g/mol. The molecule has 6 heteroatoms. The molecule has 1 atom stereocenters. The van der Waals surface area contributed by atoms with Crippen molar-refractivity contribution in [1.29, 1.82) is 0 Å². The molecule has 0 bridgehead atoms. The van der Waals surface area contributed by atoms with E-state index in [9.17, 15) is 9.59 Å². The maximum absolute atomic E-state index is 11.8. The predicted molar refractivity (Wildman–Crippen MR) is 83.6 cm³/mol. The Bertz CT molecular complexity index is 491. The van der Waals surface area contributed by atoms with Crippen LogP contribution >= 0.6 is 15.9 Å². The van der Waals surface area contributed by atoms with Gasteiger partial charge >= 0.3 is 0 Å². The lowest BCUT2D eigenvalue weighted by Gasteiger charge is -2.12. The van der Waals surface area contributed by atoms with Crippen LogP contribution in [0.5, 0.6) is 0 Å². The standard InChI is InChI=1S/C14H20BrN3O2/c1-9-6-11(15)4-5-12(9)18-13(19)8-17-14(20)10(2)7-16-3/h4-6,10,16H,7-8H2,1-3H3,(H,17,20)(H,18,19). The Morgan fingerprint density at radius 1 is 1.35 bits per heavy atom. The van der Waals surface area contributed by atoms with E-state index in [0.29, 0.717) is 6.54 Å². The number of carbonyl (C=O) groups is 2. The smallest absolute Gasteiger partial charge is 0.243 e. The molecule has 0 fully saturated rings. The van der Waals surface area contributed by atoms with E-state index >= 15 is 0 Å². The average molecular weight is 342 g/mol. The van der Waals surface area contributed by atoms with Gasteiger partial charge in [-0.25, -0.2) is 0 Å². The van der Waals surface area contributed by atoms with E-state index in [2.05, 4.69) is 31.9 Å². The molecule has 20 heavy (non-hydrogen) atoms. The van der Waals surface area contributed by atoms with E-state index in [1.807, 2.05) is 32.0 Å². The number of hydrogen-bond acceptors (Lipinski definition) is 3. The summed E-state index contributed by atoms with van der Waals surface area (Å²) in [6.07, 6.45) is 0. The number of benzene rings is 1. The molecule has 1 rings (SSSR count). The summed E-state index contributed by atoms with van der Waals surface area (Å²) < 4.78 is 0.960. The molecule has 5 nitrogen and oxygen atoms in total.